The van der Waals surface area contributed by atoms with Crippen LogP contribution in [0.15, 0.2) is 30.9 Å². The minimum absolute atomic E-state index is 0.0692. The molecule has 4 heteroatoms. The van der Waals surface area contributed by atoms with Gasteiger partial charge in [-0.2, -0.15) is 0 Å². The highest BCUT2D eigenvalue weighted by atomic mass is 127. The number of benzene rings is 1. The zero-order valence-electron chi connectivity index (χ0n) is 7.39. The summed E-state index contributed by atoms with van der Waals surface area (Å²) in [5.74, 6) is -0.0692. The van der Waals surface area contributed by atoms with E-state index in [1.165, 1.54) is 0 Å². The Labute approximate surface area is 101 Å². The maximum Gasteiger partial charge on any atom is 0.228 e. The average Bonchev–Trinajstić information content (AvgIpc) is 2.10. The van der Waals surface area contributed by atoms with Crippen LogP contribution < -0.4 is 5.32 Å². The zero-order chi connectivity index (χ0) is 10.6. The number of anilines is 1. The van der Waals surface area contributed by atoms with Crippen LogP contribution in [0.2, 0.25) is 5.02 Å². The van der Waals surface area contributed by atoms with E-state index in [4.69, 9.17) is 11.6 Å². The summed E-state index contributed by atoms with van der Waals surface area (Å²) in [5, 5.41) is 3.43. The van der Waals surface area contributed by atoms with Crippen molar-refractivity contribution < 1.29 is 4.79 Å². The third-order valence-corrected chi connectivity index (χ3v) is 2.66. The molecule has 0 aromatic heterocycles. The van der Waals surface area contributed by atoms with Gasteiger partial charge in [-0.3, -0.25) is 4.79 Å². The normalized spacial score (nSPS) is 9.57. The fourth-order valence-corrected chi connectivity index (χ4v) is 1.93. The Morgan fingerprint density at radius 1 is 1.64 bits per heavy atom. The molecule has 74 valence electrons. The summed E-state index contributed by atoms with van der Waals surface area (Å²) in [6, 6.07) is 5.32. The molecule has 0 saturated carbocycles. The fourth-order valence-electron chi connectivity index (χ4n) is 0.923. The Kier molecular flexibility index (Phi) is 4.41. The summed E-state index contributed by atoms with van der Waals surface area (Å²) in [5.41, 5.74) is 0.779. The quantitative estimate of drug-likeness (QED) is 0.670. The van der Waals surface area contributed by atoms with Gasteiger partial charge in [-0.15, -0.1) is 6.58 Å². The Hall–Kier alpha value is -0.550. The van der Waals surface area contributed by atoms with Gasteiger partial charge in [0, 0.05) is 15.0 Å². The molecular weight excluding hydrogens is 312 g/mol. The van der Waals surface area contributed by atoms with E-state index in [1.807, 2.05) is 0 Å². The second kappa shape index (κ2) is 5.36. The molecule has 0 unspecified atom stereocenters. The van der Waals surface area contributed by atoms with E-state index < -0.39 is 0 Å². The Balaban J connectivity index is 2.76. The van der Waals surface area contributed by atoms with Crippen LogP contribution in [0.3, 0.4) is 0 Å². The van der Waals surface area contributed by atoms with Gasteiger partial charge >= 0.3 is 0 Å². The molecule has 0 bridgehead atoms. The number of hydrogen-bond acceptors (Lipinski definition) is 1. The highest BCUT2D eigenvalue weighted by Gasteiger charge is 2.03. The summed E-state index contributed by atoms with van der Waals surface area (Å²) < 4.78 is 0.924. The number of amides is 1. The fraction of sp³-hybridized carbons (Fsp3) is 0.100. The van der Waals surface area contributed by atoms with E-state index in [0.717, 1.165) is 9.26 Å². The van der Waals surface area contributed by atoms with Gasteiger partial charge in [0.1, 0.15) is 0 Å². The van der Waals surface area contributed by atoms with E-state index in [1.54, 1.807) is 24.3 Å². The van der Waals surface area contributed by atoms with Crippen LogP contribution in [-0.4, -0.2) is 5.91 Å². The number of carbonyl (C=O) groups excluding carboxylic acids is 1. The van der Waals surface area contributed by atoms with Crippen LogP contribution in [0.1, 0.15) is 6.42 Å². The van der Waals surface area contributed by atoms with E-state index >= 15 is 0 Å². The second-order valence-corrected chi connectivity index (χ2v) is 4.26. The molecule has 0 atom stereocenters. The van der Waals surface area contributed by atoms with Crippen LogP contribution in [0.4, 0.5) is 5.69 Å². The Morgan fingerprint density at radius 3 is 2.93 bits per heavy atom. The molecule has 0 radical (unpaired) electrons. The lowest BCUT2D eigenvalue weighted by Crippen LogP contribution is -2.10. The van der Waals surface area contributed by atoms with Gasteiger partial charge in [0.2, 0.25) is 5.91 Å². The van der Waals surface area contributed by atoms with Crippen molar-refractivity contribution in [2.24, 2.45) is 0 Å². The molecule has 0 spiro atoms. The molecule has 1 rings (SSSR count). The minimum atomic E-state index is -0.0692. The predicted molar refractivity (Wildman–Crippen MR) is 67.6 cm³/mol. The molecule has 0 aliphatic rings. The van der Waals surface area contributed by atoms with Crippen LogP contribution in [0.5, 0.6) is 0 Å². The van der Waals surface area contributed by atoms with E-state index in [-0.39, 0.29) is 5.91 Å². The van der Waals surface area contributed by atoms with Crippen molar-refractivity contribution in [3.63, 3.8) is 0 Å². The second-order valence-electron chi connectivity index (χ2n) is 2.67. The third kappa shape index (κ3) is 3.31. The van der Waals surface area contributed by atoms with Gasteiger partial charge in [-0.1, -0.05) is 17.7 Å². The van der Waals surface area contributed by atoms with Crippen molar-refractivity contribution in [1.29, 1.82) is 0 Å². The molecule has 1 aromatic carbocycles. The number of carbonyl (C=O) groups is 1. The van der Waals surface area contributed by atoms with E-state index in [0.29, 0.717) is 11.4 Å². The van der Waals surface area contributed by atoms with E-state index in [2.05, 4.69) is 34.5 Å². The van der Waals surface area contributed by atoms with Crippen LogP contribution in [0.25, 0.3) is 0 Å². The molecule has 0 fully saturated rings. The number of rotatable bonds is 3. The van der Waals surface area contributed by atoms with Crippen molar-refractivity contribution in [3.8, 4) is 0 Å². The lowest BCUT2D eigenvalue weighted by Gasteiger charge is -2.05. The first kappa shape index (κ1) is 11.5. The van der Waals surface area contributed by atoms with Gasteiger partial charge in [-0.25, -0.2) is 0 Å². The maximum absolute atomic E-state index is 11.2. The average molecular weight is 322 g/mol. The summed E-state index contributed by atoms with van der Waals surface area (Å²) in [7, 11) is 0. The van der Waals surface area contributed by atoms with Crippen LogP contribution >= 0.6 is 34.2 Å². The van der Waals surface area contributed by atoms with Crippen molar-refractivity contribution in [2.75, 3.05) is 5.32 Å². The van der Waals surface area contributed by atoms with Gasteiger partial charge in [-0.05, 0) is 40.8 Å². The molecule has 0 aliphatic carbocycles. The summed E-state index contributed by atoms with van der Waals surface area (Å²) in [6.07, 6.45) is 1.89. The minimum Gasteiger partial charge on any atom is -0.325 e. The van der Waals surface area contributed by atoms with Gasteiger partial charge in [0.25, 0.3) is 0 Å². The predicted octanol–water partition coefficient (Wildman–Crippen LogP) is 3.46. The Bertz CT molecular complexity index is 365. The summed E-state index contributed by atoms with van der Waals surface area (Å²) >= 11 is 7.90. The summed E-state index contributed by atoms with van der Waals surface area (Å²) in [4.78, 5) is 11.2. The molecule has 14 heavy (non-hydrogen) atoms. The maximum atomic E-state index is 11.2. The molecule has 0 aliphatic heterocycles. The zero-order valence-corrected chi connectivity index (χ0v) is 10.3. The largest absolute Gasteiger partial charge is 0.325 e. The third-order valence-electron chi connectivity index (χ3n) is 1.53. The SMILES string of the molecule is C=CCC(=O)Nc1ccc(Cl)cc1I. The van der Waals surface area contributed by atoms with Crippen LogP contribution in [-0.2, 0) is 4.79 Å². The summed E-state index contributed by atoms with van der Waals surface area (Å²) in [6.45, 7) is 3.50. The highest BCUT2D eigenvalue weighted by molar-refractivity contribution is 14.1. The molecule has 0 heterocycles. The Morgan fingerprint density at radius 2 is 2.36 bits per heavy atom. The topological polar surface area (TPSA) is 29.1 Å². The van der Waals surface area contributed by atoms with Gasteiger partial charge < -0.3 is 5.32 Å². The van der Waals surface area contributed by atoms with Crippen molar-refractivity contribution >= 4 is 45.8 Å². The lowest BCUT2D eigenvalue weighted by molar-refractivity contribution is -0.115. The van der Waals surface area contributed by atoms with Crippen molar-refractivity contribution in [1.82, 2.24) is 0 Å². The monoisotopic (exact) mass is 321 g/mol. The van der Waals surface area contributed by atoms with Crippen LogP contribution in [0, 0.1) is 3.57 Å². The first-order valence-electron chi connectivity index (χ1n) is 3.99. The smallest absolute Gasteiger partial charge is 0.228 e. The first-order valence-corrected chi connectivity index (χ1v) is 5.45. The molecule has 2 nitrogen and oxygen atoms in total. The molecule has 0 saturated heterocycles. The molecule has 1 amide bonds. The standard InChI is InChI=1S/C10H9ClINO/c1-2-3-10(14)13-9-5-4-7(11)6-8(9)12/h2,4-6H,1,3H2,(H,13,14). The van der Waals surface area contributed by atoms with Crippen molar-refractivity contribution in [3.05, 3.63) is 39.4 Å². The number of nitrogens with one attached hydrogen (secondary N) is 1. The highest BCUT2D eigenvalue weighted by Crippen LogP contribution is 2.22. The number of halogens is 2. The molecule has 1 N–H and O–H groups in total. The van der Waals surface area contributed by atoms with Gasteiger partial charge in [0.15, 0.2) is 0 Å². The number of hydrogen-bond donors (Lipinski definition) is 1. The lowest BCUT2D eigenvalue weighted by atomic mass is 10.3. The molecular formula is C10H9ClINO. The molecule has 1 aromatic rings. The van der Waals surface area contributed by atoms with Gasteiger partial charge in [0.05, 0.1) is 5.69 Å². The van der Waals surface area contributed by atoms with E-state index in [9.17, 15) is 4.79 Å². The first-order chi connectivity index (χ1) is 6.63. The van der Waals surface area contributed by atoms with Crippen molar-refractivity contribution in [2.45, 2.75) is 6.42 Å².